The van der Waals surface area contributed by atoms with Gasteiger partial charge in [-0.25, -0.2) is 0 Å². The number of anilines is 2. The van der Waals surface area contributed by atoms with E-state index in [0.29, 0.717) is 25.7 Å². The predicted molar refractivity (Wildman–Crippen MR) is 202 cm³/mol. The van der Waals surface area contributed by atoms with Crippen molar-refractivity contribution in [2.75, 3.05) is 36.0 Å². The Morgan fingerprint density at radius 1 is 0.417 bits per heavy atom. The summed E-state index contributed by atoms with van der Waals surface area (Å²) in [6.07, 6.45) is 32.7. The first-order chi connectivity index (χ1) is 23.3. The fourth-order valence-electron chi connectivity index (χ4n) is 6.14. The van der Waals surface area contributed by atoms with Gasteiger partial charge in [0.25, 0.3) is 0 Å². The number of aliphatic hydroxyl groups excluding tert-OH is 4. The molecule has 4 unspecified atom stereocenters. The summed E-state index contributed by atoms with van der Waals surface area (Å²) in [5, 5.41) is 41.5. The fraction of sp³-hybridized carbons (Fsp3) is 0.571. The molecule has 0 spiro atoms. The van der Waals surface area contributed by atoms with Gasteiger partial charge < -0.3 is 30.2 Å². The minimum atomic E-state index is -0.678. The maximum absolute atomic E-state index is 9.77. The minimum absolute atomic E-state index is 0.621. The smallest absolute Gasteiger partial charge is 0.114 e. The first-order valence-electron chi connectivity index (χ1n) is 17.9. The average Bonchev–Trinajstić information content (AvgIpc) is 3.11. The molecule has 0 fully saturated rings. The van der Waals surface area contributed by atoms with Crippen LogP contribution in [-0.4, -0.2) is 71.0 Å². The van der Waals surface area contributed by atoms with Gasteiger partial charge in [-0.1, -0.05) is 73.6 Å². The molecule has 0 bridgehead atoms. The lowest BCUT2D eigenvalue weighted by atomic mass is 10.0. The van der Waals surface area contributed by atoms with Crippen LogP contribution in [0.25, 0.3) is 10.8 Å². The third-order valence-corrected chi connectivity index (χ3v) is 8.95. The van der Waals surface area contributed by atoms with Gasteiger partial charge in [-0.3, -0.25) is 0 Å². The van der Waals surface area contributed by atoms with Crippen LogP contribution in [0.1, 0.15) is 103 Å². The second kappa shape index (κ2) is 24.5. The third-order valence-electron chi connectivity index (χ3n) is 8.95. The van der Waals surface area contributed by atoms with Crippen LogP contribution in [0.5, 0.6) is 0 Å². The van der Waals surface area contributed by atoms with Crippen molar-refractivity contribution in [1.29, 1.82) is 0 Å². The van der Waals surface area contributed by atoms with Crippen LogP contribution in [0.4, 0.5) is 11.4 Å². The van der Waals surface area contributed by atoms with Crippen molar-refractivity contribution >= 4 is 22.1 Å². The SMILES string of the molecule is C#CC(O)CCCCCN(CCCCCC(O)C#C)c1cccc2c(N(CCCCCC(O)C#C)CCCCCC(O)C#C)cccc12. The topological polar surface area (TPSA) is 87.4 Å². The van der Waals surface area contributed by atoms with Crippen LogP contribution in [0.15, 0.2) is 36.4 Å². The lowest BCUT2D eigenvalue weighted by Gasteiger charge is -2.30. The molecule has 2 aromatic carbocycles. The Morgan fingerprint density at radius 3 is 0.938 bits per heavy atom. The summed E-state index contributed by atoms with van der Waals surface area (Å²) in [7, 11) is 0. The summed E-state index contributed by atoms with van der Waals surface area (Å²) in [4.78, 5) is 4.97. The Balaban J connectivity index is 2.26. The van der Waals surface area contributed by atoms with Crippen molar-refractivity contribution in [3.8, 4) is 49.4 Å². The normalized spacial score (nSPS) is 13.4. The first-order valence-corrected chi connectivity index (χ1v) is 17.9. The van der Waals surface area contributed by atoms with Crippen molar-refractivity contribution in [1.82, 2.24) is 0 Å². The molecule has 6 heteroatoms. The molecule has 0 aromatic heterocycles. The second-order valence-corrected chi connectivity index (χ2v) is 12.8. The molecular formula is C42H58N2O4. The zero-order valence-electron chi connectivity index (χ0n) is 28.9. The van der Waals surface area contributed by atoms with Gasteiger partial charge in [-0.2, -0.15) is 0 Å². The number of fused-ring (bicyclic) bond motifs is 1. The number of benzene rings is 2. The van der Waals surface area contributed by atoms with E-state index in [4.69, 9.17) is 25.7 Å². The van der Waals surface area contributed by atoms with Crippen molar-refractivity contribution in [2.24, 2.45) is 0 Å². The van der Waals surface area contributed by atoms with E-state index in [1.165, 1.54) is 22.1 Å². The molecule has 2 rings (SSSR count). The average molecular weight is 655 g/mol. The molecular weight excluding hydrogens is 596 g/mol. The van der Waals surface area contributed by atoms with Gasteiger partial charge in [0, 0.05) is 48.3 Å². The molecule has 2 aromatic rings. The van der Waals surface area contributed by atoms with E-state index in [2.05, 4.69) is 69.9 Å². The van der Waals surface area contributed by atoms with Crippen molar-refractivity contribution < 1.29 is 20.4 Å². The van der Waals surface area contributed by atoms with Crippen molar-refractivity contribution in [2.45, 2.75) is 127 Å². The molecule has 4 atom stereocenters. The second-order valence-electron chi connectivity index (χ2n) is 12.8. The highest BCUT2D eigenvalue weighted by molar-refractivity contribution is 6.02. The zero-order chi connectivity index (χ0) is 35.0. The summed E-state index contributed by atoms with van der Waals surface area (Å²) >= 11 is 0. The molecule has 260 valence electrons. The first kappa shape index (κ1) is 40.6. The molecule has 48 heavy (non-hydrogen) atoms. The predicted octanol–water partition coefficient (Wildman–Crippen LogP) is 6.67. The van der Waals surface area contributed by atoms with E-state index >= 15 is 0 Å². The molecule has 6 nitrogen and oxygen atoms in total. The number of rotatable bonds is 26. The molecule has 0 aliphatic rings. The van der Waals surface area contributed by atoms with Crippen molar-refractivity contribution in [3.05, 3.63) is 36.4 Å². The summed E-state index contributed by atoms with van der Waals surface area (Å²) in [5.74, 6) is 9.62. The van der Waals surface area contributed by atoms with Gasteiger partial charge in [0.15, 0.2) is 0 Å². The van der Waals surface area contributed by atoms with E-state index in [1.54, 1.807) is 0 Å². The van der Waals surface area contributed by atoms with Crippen LogP contribution in [0.2, 0.25) is 0 Å². The number of terminal acetylenes is 4. The molecule has 0 radical (unpaired) electrons. The summed E-state index contributed by atoms with van der Waals surface area (Å²) < 4.78 is 0. The highest BCUT2D eigenvalue weighted by atomic mass is 16.3. The van der Waals surface area contributed by atoms with Gasteiger partial charge in [0.2, 0.25) is 0 Å². The van der Waals surface area contributed by atoms with Gasteiger partial charge in [0.05, 0.1) is 0 Å². The van der Waals surface area contributed by atoms with Crippen LogP contribution in [0.3, 0.4) is 0 Å². The number of aliphatic hydroxyl groups is 4. The monoisotopic (exact) mass is 654 g/mol. The molecule has 0 aliphatic heterocycles. The number of hydrogen-bond donors (Lipinski definition) is 4. The Labute approximate surface area is 290 Å². The third kappa shape index (κ3) is 15.5. The van der Waals surface area contributed by atoms with Crippen LogP contribution < -0.4 is 9.80 Å². The van der Waals surface area contributed by atoms with Gasteiger partial charge in [-0.15, -0.1) is 25.7 Å². The maximum Gasteiger partial charge on any atom is 0.114 e. The lowest BCUT2D eigenvalue weighted by molar-refractivity contribution is 0.217. The van der Waals surface area contributed by atoms with Gasteiger partial charge in [-0.05, 0) is 89.2 Å². The van der Waals surface area contributed by atoms with E-state index in [0.717, 1.165) is 103 Å². The molecule has 0 saturated carbocycles. The fourth-order valence-corrected chi connectivity index (χ4v) is 6.14. The highest BCUT2D eigenvalue weighted by Crippen LogP contribution is 2.34. The lowest BCUT2D eigenvalue weighted by Crippen LogP contribution is -2.27. The standard InChI is InChI=1S/C42H58N2O4/c1-5-35(45)23-13-9-17-31-43(32-18-10-14-24-36(46)6-2)41-29-21-28-40-39(41)27-22-30-42(40)44(33-19-11-15-25-37(47)7-3)34-20-12-16-26-38(48)8-4/h1-4,21-22,27-30,35-38,45-48H,9-20,23-26,31-34H2. The van der Waals surface area contributed by atoms with Gasteiger partial charge >= 0.3 is 0 Å². The Bertz CT molecular complexity index is 1180. The highest BCUT2D eigenvalue weighted by Gasteiger charge is 2.16. The van der Waals surface area contributed by atoms with Crippen molar-refractivity contribution in [3.63, 3.8) is 0 Å². The summed E-state index contributed by atoms with van der Waals surface area (Å²) in [6.45, 7) is 3.61. The zero-order valence-corrected chi connectivity index (χ0v) is 28.9. The Morgan fingerprint density at radius 2 is 0.688 bits per heavy atom. The molecule has 0 saturated heterocycles. The number of hydrogen-bond acceptors (Lipinski definition) is 6. The molecule has 0 heterocycles. The Hall–Kier alpha value is -3.62. The van der Waals surface area contributed by atoms with Crippen LogP contribution in [-0.2, 0) is 0 Å². The summed E-state index contributed by atoms with van der Waals surface area (Å²) in [5.41, 5.74) is 2.43. The summed E-state index contributed by atoms with van der Waals surface area (Å²) in [6, 6.07) is 13.2. The Kier molecular flexibility index (Phi) is 20.7. The largest absolute Gasteiger partial charge is 0.380 e. The number of unbranched alkanes of at least 4 members (excludes halogenated alkanes) is 8. The minimum Gasteiger partial charge on any atom is -0.380 e. The quantitative estimate of drug-likeness (QED) is 0.0670. The van der Waals surface area contributed by atoms with Crippen LogP contribution >= 0.6 is 0 Å². The van der Waals surface area contributed by atoms with Crippen LogP contribution in [0, 0.1) is 49.4 Å². The molecule has 4 N–H and O–H groups in total. The van der Waals surface area contributed by atoms with E-state index < -0.39 is 24.4 Å². The number of nitrogens with zero attached hydrogens (tertiary/aromatic N) is 2. The van der Waals surface area contributed by atoms with E-state index in [-0.39, 0.29) is 0 Å². The van der Waals surface area contributed by atoms with Gasteiger partial charge in [0.1, 0.15) is 24.4 Å². The molecule has 0 aliphatic carbocycles. The maximum atomic E-state index is 9.77. The van der Waals surface area contributed by atoms with E-state index in [9.17, 15) is 20.4 Å². The van der Waals surface area contributed by atoms with E-state index in [1.807, 2.05) is 0 Å². The molecule has 0 amide bonds.